The summed E-state index contributed by atoms with van der Waals surface area (Å²) in [5.74, 6) is 0.667. The maximum atomic E-state index is 12.8. The number of hydrogen-bond acceptors (Lipinski definition) is 4. The second kappa shape index (κ2) is 6.03. The molecule has 8 heteroatoms. The minimum absolute atomic E-state index is 0.356. The fourth-order valence-corrected chi connectivity index (χ4v) is 3.30. The van der Waals surface area contributed by atoms with E-state index in [4.69, 9.17) is 9.47 Å². The maximum absolute atomic E-state index is 12.8. The van der Waals surface area contributed by atoms with Crippen LogP contribution in [0, 0.1) is 0 Å². The number of aromatic nitrogens is 2. The zero-order valence-corrected chi connectivity index (χ0v) is 14.9. The lowest BCUT2D eigenvalue weighted by Crippen LogP contribution is -2.37. The van der Waals surface area contributed by atoms with Gasteiger partial charge in [0.1, 0.15) is 5.75 Å². The van der Waals surface area contributed by atoms with E-state index in [9.17, 15) is 18.0 Å². The highest BCUT2D eigenvalue weighted by molar-refractivity contribution is 5.72. The van der Waals surface area contributed by atoms with Crippen molar-refractivity contribution in [3.8, 4) is 23.0 Å². The van der Waals surface area contributed by atoms with Crippen LogP contribution in [-0.4, -0.2) is 29.4 Å². The number of rotatable bonds is 3. The topological polar surface area (TPSA) is 53.4 Å². The van der Waals surface area contributed by atoms with E-state index < -0.39 is 23.8 Å². The predicted molar refractivity (Wildman–Crippen MR) is 89.7 cm³/mol. The Hall–Kier alpha value is -2.51. The van der Waals surface area contributed by atoms with Crippen LogP contribution in [0.1, 0.15) is 25.0 Å². The fourth-order valence-electron chi connectivity index (χ4n) is 3.30. The van der Waals surface area contributed by atoms with Gasteiger partial charge in [0, 0.05) is 18.0 Å². The van der Waals surface area contributed by atoms with Gasteiger partial charge in [0.2, 0.25) is 0 Å². The molecule has 0 bridgehead atoms. The number of ether oxygens (including phenoxy) is 2. The maximum Gasteiger partial charge on any atom is 0.422 e. The third kappa shape index (κ3) is 3.15. The van der Waals surface area contributed by atoms with Crippen molar-refractivity contribution < 1.29 is 22.6 Å². The van der Waals surface area contributed by atoms with E-state index in [0.717, 1.165) is 10.1 Å². The van der Waals surface area contributed by atoms with Crippen LogP contribution in [0.15, 0.2) is 23.0 Å². The molecule has 26 heavy (non-hydrogen) atoms. The van der Waals surface area contributed by atoms with Gasteiger partial charge in [0.25, 0.3) is 11.6 Å². The van der Waals surface area contributed by atoms with E-state index >= 15 is 0 Å². The van der Waals surface area contributed by atoms with Crippen molar-refractivity contribution in [2.24, 2.45) is 7.05 Å². The van der Waals surface area contributed by atoms with Crippen molar-refractivity contribution in [2.75, 3.05) is 13.7 Å². The zero-order valence-electron chi connectivity index (χ0n) is 14.9. The molecule has 1 heterocycles. The lowest BCUT2D eigenvalue weighted by Gasteiger charge is -2.33. The van der Waals surface area contributed by atoms with Crippen molar-refractivity contribution in [3.05, 3.63) is 39.7 Å². The summed E-state index contributed by atoms with van der Waals surface area (Å²) in [6.45, 7) is 2.31. The first-order valence-corrected chi connectivity index (χ1v) is 8.02. The van der Waals surface area contributed by atoms with Crippen molar-refractivity contribution in [2.45, 2.75) is 31.9 Å². The lowest BCUT2D eigenvalue weighted by molar-refractivity contribution is -0.155. The Labute approximate surface area is 148 Å². The van der Waals surface area contributed by atoms with Gasteiger partial charge in [-0.25, -0.2) is 0 Å². The third-order valence-corrected chi connectivity index (χ3v) is 4.49. The molecule has 0 unspecified atom stereocenters. The number of alkyl halides is 3. The molecule has 3 rings (SSSR count). The van der Waals surface area contributed by atoms with Gasteiger partial charge in [-0.15, -0.1) is 0 Å². The van der Waals surface area contributed by atoms with Crippen molar-refractivity contribution in [1.82, 2.24) is 9.55 Å². The predicted octanol–water partition coefficient (Wildman–Crippen LogP) is 3.23. The van der Waals surface area contributed by atoms with Crippen LogP contribution >= 0.6 is 0 Å². The number of benzene rings is 1. The molecule has 0 aliphatic heterocycles. The van der Waals surface area contributed by atoms with Crippen LogP contribution < -0.4 is 15.0 Å². The third-order valence-electron chi connectivity index (χ3n) is 4.49. The van der Waals surface area contributed by atoms with Gasteiger partial charge >= 0.3 is 6.18 Å². The molecule has 1 aliphatic carbocycles. The Morgan fingerprint density at radius 2 is 2.00 bits per heavy atom. The van der Waals surface area contributed by atoms with E-state index in [1.54, 1.807) is 19.2 Å². The molecule has 1 aliphatic rings. The highest BCUT2D eigenvalue weighted by Crippen LogP contribution is 2.42. The van der Waals surface area contributed by atoms with E-state index in [1.165, 1.54) is 7.05 Å². The van der Waals surface area contributed by atoms with E-state index in [1.807, 2.05) is 19.9 Å². The van der Waals surface area contributed by atoms with Gasteiger partial charge in [-0.1, -0.05) is 13.8 Å². The summed E-state index contributed by atoms with van der Waals surface area (Å²) in [7, 11) is 2.92. The molecule has 0 radical (unpaired) electrons. The first kappa shape index (κ1) is 18.3. The largest absolute Gasteiger partial charge is 0.497 e. The van der Waals surface area contributed by atoms with E-state index in [2.05, 4.69) is 4.98 Å². The molecule has 5 nitrogen and oxygen atoms in total. The number of nitrogens with zero attached hydrogens (tertiary/aromatic N) is 2. The summed E-state index contributed by atoms with van der Waals surface area (Å²) in [6.07, 6.45) is -3.93. The Balaban J connectivity index is 2.20. The molecule has 0 saturated carbocycles. The Bertz CT molecular complexity index is 917. The van der Waals surface area contributed by atoms with Crippen LogP contribution in [0.5, 0.6) is 11.8 Å². The average molecular weight is 368 g/mol. The molecule has 2 aromatic rings. The number of methoxy groups -OCH3 is 1. The van der Waals surface area contributed by atoms with E-state index in [-0.39, 0.29) is 6.01 Å². The van der Waals surface area contributed by atoms with Crippen LogP contribution in [-0.2, 0) is 18.9 Å². The molecule has 0 N–H and O–H groups in total. The quantitative estimate of drug-likeness (QED) is 0.835. The standard InChI is InChI=1S/C18H19F3N2O3/c1-17(2)8-10-7-11(25-4)5-6-12(10)14-13(17)15(24)23(3)16(22-14)26-9-18(19,20)21/h5-7H,8-9H2,1-4H3. The molecule has 1 aromatic carbocycles. The fraction of sp³-hybridized carbons (Fsp3) is 0.444. The molecule has 0 spiro atoms. The van der Waals surface area contributed by atoms with Gasteiger partial charge in [-0.3, -0.25) is 9.36 Å². The van der Waals surface area contributed by atoms with Gasteiger partial charge in [-0.2, -0.15) is 18.2 Å². The minimum Gasteiger partial charge on any atom is -0.497 e. The lowest BCUT2D eigenvalue weighted by atomic mass is 9.72. The summed E-state index contributed by atoms with van der Waals surface area (Å²) in [4.78, 5) is 17.1. The molecular weight excluding hydrogens is 349 g/mol. The van der Waals surface area contributed by atoms with Crippen molar-refractivity contribution in [3.63, 3.8) is 0 Å². The SMILES string of the molecule is COc1ccc2c(c1)CC(C)(C)c1c-2nc(OCC(F)(F)F)n(C)c1=O. The number of fused-ring (bicyclic) bond motifs is 3. The summed E-state index contributed by atoms with van der Waals surface area (Å²) < 4.78 is 48.6. The molecule has 0 fully saturated rings. The first-order chi connectivity index (χ1) is 12.0. The van der Waals surface area contributed by atoms with Crippen molar-refractivity contribution in [1.29, 1.82) is 0 Å². The Morgan fingerprint density at radius 3 is 2.62 bits per heavy atom. The minimum atomic E-state index is -4.52. The zero-order chi connectivity index (χ0) is 19.3. The summed E-state index contributed by atoms with van der Waals surface area (Å²) in [5.41, 5.74) is 1.52. The van der Waals surface area contributed by atoms with Gasteiger partial charge in [0.15, 0.2) is 6.61 Å². The normalized spacial score (nSPS) is 15.2. The van der Waals surface area contributed by atoms with Gasteiger partial charge < -0.3 is 9.47 Å². The smallest absolute Gasteiger partial charge is 0.422 e. The van der Waals surface area contributed by atoms with Gasteiger partial charge in [0.05, 0.1) is 18.4 Å². The Morgan fingerprint density at radius 1 is 1.31 bits per heavy atom. The van der Waals surface area contributed by atoms with Crippen LogP contribution in [0.2, 0.25) is 0 Å². The monoisotopic (exact) mass is 368 g/mol. The average Bonchev–Trinajstić information content (AvgIpc) is 2.54. The molecule has 0 amide bonds. The molecule has 140 valence electrons. The van der Waals surface area contributed by atoms with E-state index in [0.29, 0.717) is 29.0 Å². The second-order valence-corrected chi connectivity index (χ2v) is 6.97. The summed E-state index contributed by atoms with van der Waals surface area (Å²) >= 11 is 0. The van der Waals surface area contributed by atoms with Crippen LogP contribution in [0.4, 0.5) is 13.2 Å². The second-order valence-electron chi connectivity index (χ2n) is 6.97. The summed E-state index contributed by atoms with van der Waals surface area (Å²) in [5, 5.41) is 0. The van der Waals surface area contributed by atoms with Crippen LogP contribution in [0.3, 0.4) is 0 Å². The highest BCUT2D eigenvalue weighted by Gasteiger charge is 2.37. The molecule has 0 atom stereocenters. The number of halogens is 3. The molecule has 0 saturated heterocycles. The Kier molecular flexibility index (Phi) is 4.24. The molecular formula is C18H19F3N2O3. The first-order valence-electron chi connectivity index (χ1n) is 8.02. The van der Waals surface area contributed by atoms with Crippen LogP contribution in [0.25, 0.3) is 11.3 Å². The summed E-state index contributed by atoms with van der Waals surface area (Å²) in [6, 6.07) is 5.00. The number of hydrogen-bond donors (Lipinski definition) is 0. The van der Waals surface area contributed by atoms with Gasteiger partial charge in [-0.05, 0) is 30.2 Å². The van der Waals surface area contributed by atoms with Crippen molar-refractivity contribution >= 4 is 0 Å². The highest BCUT2D eigenvalue weighted by atomic mass is 19.4. The molecule has 1 aromatic heterocycles.